The molecule has 0 saturated heterocycles. The molecule has 0 bridgehead atoms. The van der Waals surface area contributed by atoms with E-state index in [1.165, 1.54) is 5.56 Å². The Morgan fingerprint density at radius 2 is 2.11 bits per heavy atom. The average molecular weight is 247 g/mol. The van der Waals surface area contributed by atoms with Crippen molar-refractivity contribution < 1.29 is 9.90 Å². The number of carboxylic acids is 1. The largest absolute Gasteiger partial charge is 0.480 e. The van der Waals surface area contributed by atoms with Gasteiger partial charge >= 0.3 is 5.97 Å². The Hall–Kier alpha value is -1.35. The van der Waals surface area contributed by atoms with Crippen LogP contribution < -0.4 is 5.32 Å². The van der Waals surface area contributed by atoms with Crippen LogP contribution in [0.25, 0.3) is 0 Å². The summed E-state index contributed by atoms with van der Waals surface area (Å²) in [4.78, 5) is 10.9. The predicted molar refractivity (Wildman–Crippen MR) is 71.7 cm³/mol. The quantitative estimate of drug-likeness (QED) is 0.859. The van der Waals surface area contributed by atoms with Crippen molar-refractivity contribution in [2.24, 2.45) is 0 Å². The van der Waals surface area contributed by atoms with Crippen molar-refractivity contribution in [1.82, 2.24) is 5.32 Å². The Morgan fingerprint density at radius 3 is 2.72 bits per heavy atom. The van der Waals surface area contributed by atoms with Crippen molar-refractivity contribution in [3.05, 3.63) is 35.9 Å². The van der Waals surface area contributed by atoms with E-state index in [-0.39, 0.29) is 5.41 Å². The van der Waals surface area contributed by atoms with Crippen molar-refractivity contribution in [3.8, 4) is 0 Å². The molecular weight excluding hydrogens is 226 g/mol. The number of hydrogen-bond donors (Lipinski definition) is 2. The van der Waals surface area contributed by atoms with E-state index in [0.29, 0.717) is 6.04 Å². The van der Waals surface area contributed by atoms with Gasteiger partial charge in [-0.25, -0.2) is 0 Å². The van der Waals surface area contributed by atoms with Crippen LogP contribution in [-0.2, 0) is 10.2 Å². The Morgan fingerprint density at radius 1 is 1.44 bits per heavy atom. The monoisotopic (exact) mass is 247 g/mol. The molecule has 18 heavy (non-hydrogen) atoms. The Labute approximate surface area is 108 Å². The molecule has 98 valence electrons. The maximum absolute atomic E-state index is 10.9. The Bertz CT molecular complexity index is 418. The highest BCUT2D eigenvalue weighted by Gasteiger charge is 2.37. The van der Waals surface area contributed by atoms with Gasteiger partial charge in [-0.3, -0.25) is 4.79 Å². The van der Waals surface area contributed by atoms with Crippen LogP contribution in [0.15, 0.2) is 30.3 Å². The second-order valence-electron chi connectivity index (χ2n) is 5.59. The molecule has 1 aliphatic rings. The van der Waals surface area contributed by atoms with Gasteiger partial charge in [0.15, 0.2) is 0 Å². The van der Waals surface area contributed by atoms with E-state index in [4.69, 9.17) is 5.11 Å². The molecule has 0 spiro atoms. The van der Waals surface area contributed by atoms with Crippen LogP contribution in [0.2, 0.25) is 0 Å². The van der Waals surface area contributed by atoms with Gasteiger partial charge in [-0.1, -0.05) is 37.3 Å². The normalized spacial score (nSPS) is 29.1. The van der Waals surface area contributed by atoms with Gasteiger partial charge < -0.3 is 10.4 Å². The first kappa shape index (κ1) is 13.1. The summed E-state index contributed by atoms with van der Waals surface area (Å²) in [6.45, 7) is 3.98. The summed E-state index contributed by atoms with van der Waals surface area (Å²) in [6.07, 6.45) is 3.17. The fourth-order valence-electron chi connectivity index (χ4n) is 2.91. The second kappa shape index (κ2) is 5.11. The Kier molecular flexibility index (Phi) is 3.71. The first-order chi connectivity index (χ1) is 8.51. The van der Waals surface area contributed by atoms with Gasteiger partial charge in [-0.15, -0.1) is 0 Å². The van der Waals surface area contributed by atoms with Crippen LogP contribution >= 0.6 is 0 Å². The van der Waals surface area contributed by atoms with Crippen LogP contribution in [-0.4, -0.2) is 23.2 Å². The third kappa shape index (κ3) is 2.72. The number of benzene rings is 1. The lowest BCUT2D eigenvalue weighted by Gasteiger charge is -2.25. The summed E-state index contributed by atoms with van der Waals surface area (Å²) in [6, 6.07) is 10.4. The highest BCUT2D eigenvalue weighted by Crippen LogP contribution is 2.40. The molecule has 1 fully saturated rings. The molecular formula is C15H21NO2. The molecule has 0 heterocycles. The molecule has 2 N–H and O–H groups in total. The van der Waals surface area contributed by atoms with Crippen LogP contribution in [0.3, 0.4) is 0 Å². The zero-order valence-electron chi connectivity index (χ0n) is 11.0. The van der Waals surface area contributed by atoms with Crippen molar-refractivity contribution in [2.45, 2.75) is 50.6 Å². The molecule has 2 unspecified atom stereocenters. The molecule has 1 saturated carbocycles. The Balaban J connectivity index is 2.01. The minimum absolute atomic E-state index is 0.178. The average Bonchev–Trinajstić information content (AvgIpc) is 2.73. The van der Waals surface area contributed by atoms with Gasteiger partial charge in [-0.05, 0) is 37.2 Å². The molecule has 0 amide bonds. The lowest BCUT2D eigenvalue weighted by Crippen LogP contribution is -2.40. The van der Waals surface area contributed by atoms with E-state index >= 15 is 0 Å². The van der Waals surface area contributed by atoms with Gasteiger partial charge in [0, 0.05) is 6.04 Å². The van der Waals surface area contributed by atoms with E-state index in [1.54, 1.807) is 6.92 Å². The third-order valence-electron chi connectivity index (χ3n) is 4.07. The van der Waals surface area contributed by atoms with Crippen LogP contribution in [0.5, 0.6) is 0 Å². The standard InChI is InChI=1S/C15H21NO2/c1-11(14(17)18)16-13-8-9-15(2,10-13)12-6-4-3-5-7-12/h3-7,11,13,16H,8-10H2,1-2H3,(H,17,18)/t11-,13?,15?/m0/s1. The molecule has 0 radical (unpaired) electrons. The third-order valence-corrected chi connectivity index (χ3v) is 4.07. The second-order valence-corrected chi connectivity index (χ2v) is 5.59. The number of nitrogens with one attached hydrogen (secondary N) is 1. The lowest BCUT2D eigenvalue weighted by atomic mass is 9.81. The zero-order valence-corrected chi connectivity index (χ0v) is 11.0. The number of carboxylic acid groups (broad SMARTS) is 1. The van der Waals surface area contributed by atoms with Crippen molar-refractivity contribution >= 4 is 5.97 Å². The molecule has 0 aromatic heterocycles. The minimum atomic E-state index is -0.775. The maximum Gasteiger partial charge on any atom is 0.320 e. The van der Waals surface area contributed by atoms with Gasteiger partial charge in [0.2, 0.25) is 0 Å². The SMILES string of the molecule is C[C@H](NC1CCC(C)(c2ccccc2)C1)C(=O)O. The first-order valence-corrected chi connectivity index (χ1v) is 6.56. The van der Waals surface area contributed by atoms with Crippen molar-refractivity contribution in [1.29, 1.82) is 0 Å². The number of rotatable bonds is 4. The topological polar surface area (TPSA) is 49.3 Å². The summed E-state index contributed by atoms with van der Waals surface area (Å²) in [5.74, 6) is -0.775. The summed E-state index contributed by atoms with van der Waals surface area (Å²) in [5, 5.41) is 12.1. The fourth-order valence-corrected chi connectivity index (χ4v) is 2.91. The fraction of sp³-hybridized carbons (Fsp3) is 0.533. The highest BCUT2D eigenvalue weighted by molar-refractivity contribution is 5.72. The van der Waals surface area contributed by atoms with Crippen LogP contribution in [0.1, 0.15) is 38.7 Å². The van der Waals surface area contributed by atoms with E-state index in [0.717, 1.165) is 19.3 Å². The van der Waals surface area contributed by atoms with Gasteiger partial charge in [0.1, 0.15) is 6.04 Å². The highest BCUT2D eigenvalue weighted by atomic mass is 16.4. The predicted octanol–water partition coefficient (Wildman–Crippen LogP) is 2.56. The zero-order chi connectivity index (χ0) is 13.2. The molecule has 0 aliphatic heterocycles. The van der Waals surface area contributed by atoms with E-state index in [9.17, 15) is 4.79 Å². The lowest BCUT2D eigenvalue weighted by molar-refractivity contribution is -0.139. The van der Waals surface area contributed by atoms with Crippen LogP contribution in [0.4, 0.5) is 0 Å². The smallest absolute Gasteiger partial charge is 0.320 e. The summed E-state index contributed by atoms with van der Waals surface area (Å²) >= 11 is 0. The molecule has 1 aromatic carbocycles. The summed E-state index contributed by atoms with van der Waals surface area (Å²) in [7, 11) is 0. The first-order valence-electron chi connectivity index (χ1n) is 6.56. The van der Waals surface area contributed by atoms with Crippen molar-refractivity contribution in [3.63, 3.8) is 0 Å². The molecule has 1 aromatic rings. The molecule has 3 nitrogen and oxygen atoms in total. The summed E-state index contributed by atoms with van der Waals surface area (Å²) in [5.41, 5.74) is 1.54. The van der Waals surface area contributed by atoms with Gasteiger partial charge in [-0.2, -0.15) is 0 Å². The molecule has 2 rings (SSSR count). The number of carbonyl (C=O) groups is 1. The summed E-state index contributed by atoms with van der Waals surface area (Å²) < 4.78 is 0. The number of hydrogen-bond acceptors (Lipinski definition) is 2. The van der Waals surface area contributed by atoms with E-state index < -0.39 is 12.0 Å². The molecule has 3 heteroatoms. The van der Waals surface area contributed by atoms with Crippen molar-refractivity contribution in [2.75, 3.05) is 0 Å². The number of aliphatic carboxylic acids is 1. The molecule has 3 atom stereocenters. The van der Waals surface area contributed by atoms with Gasteiger partial charge in [0.25, 0.3) is 0 Å². The molecule has 1 aliphatic carbocycles. The minimum Gasteiger partial charge on any atom is -0.480 e. The van der Waals surface area contributed by atoms with Gasteiger partial charge in [0.05, 0.1) is 0 Å². The van der Waals surface area contributed by atoms with Crippen LogP contribution in [0, 0.1) is 0 Å². The maximum atomic E-state index is 10.9. The van der Waals surface area contributed by atoms with E-state index in [1.807, 2.05) is 6.07 Å². The van der Waals surface area contributed by atoms with E-state index in [2.05, 4.69) is 36.5 Å².